The molecule has 0 bridgehead atoms. The van der Waals surface area contributed by atoms with Crippen LogP contribution >= 0.6 is 0 Å². The molecule has 6 nitrogen and oxygen atoms in total. The van der Waals surface area contributed by atoms with Gasteiger partial charge in [0.1, 0.15) is 11.9 Å². The van der Waals surface area contributed by atoms with Crippen molar-refractivity contribution >= 4 is 17.4 Å². The second kappa shape index (κ2) is 4.42. The van der Waals surface area contributed by atoms with Crippen LogP contribution in [0.5, 0.6) is 0 Å². The number of anilines is 2. The summed E-state index contributed by atoms with van der Waals surface area (Å²) in [7, 11) is 1.77. The molecule has 5 N–H and O–H groups in total. The van der Waals surface area contributed by atoms with E-state index >= 15 is 0 Å². The number of aromatic nitrogens is 2. The Morgan fingerprint density at radius 1 is 1.50 bits per heavy atom. The number of nitrogen functional groups attached to an aromatic ring is 1. The Balaban J connectivity index is 2.98. The van der Waals surface area contributed by atoms with Crippen molar-refractivity contribution in [3.63, 3.8) is 0 Å². The highest BCUT2D eigenvalue weighted by Crippen LogP contribution is 2.22. The Hall–Kier alpha value is -1.72. The lowest BCUT2D eigenvalue weighted by Gasteiger charge is -2.20. The molecular formula is C10H19N5O. The number of nitrogens with one attached hydrogen (secondary N) is 1. The third-order valence-electron chi connectivity index (χ3n) is 2.53. The van der Waals surface area contributed by atoms with Crippen molar-refractivity contribution in [1.29, 1.82) is 0 Å². The zero-order valence-corrected chi connectivity index (χ0v) is 10.1. The Morgan fingerprint density at radius 3 is 2.38 bits per heavy atom. The highest BCUT2D eigenvalue weighted by Gasteiger charge is 2.22. The average molecular weight is 225 g/mol. The molecule has 1 rings (SSSR count). The highest BCUT2D eigenvalue weighted by molar-refractivity contribution is 5.84. The van der Waals surface area contributed by atoms with E-state index in [2.05, 4.69) is 10.4 Å². The third kappa shape index (κ3) is 2.26. The highest BCUT2D eigenvalue weighted by atomic mass is 16.1. The molecule has 1 aromatic rings. The number of primary amides is 1. The summed E-state index contributed by atoms with van der Waals surface area (Å²) in [4.78, 5) is 11.3. The number of carbonyl (C=O) groups excluding carboxylic acids is 1. The second-order valence-electron chi connectivity index (χ2n) is 4.24. The van der Waals surface area contributed by atoms with Crippen LogP contribution in [0.25, 0.3) is 0 Å². The van der Waals surface area contributed by atoms with Crippen molar-refractivity contribution in [3.05, 3.63) is 5.69 Å². The van der Waals surface area contributed by atoms with Gasteiger partial charge in [0.2, 0.25) is 5.91 Å². The maximum Gasteiger partial charge on any atom is 0.240 e. The van der Waals surface area contributed by atoms with E-state index in [4.69, 9.17) is 11.5 Å². The SMILES string of the molecule is Cc1nn(C)c(NC(C(N)=O)C(C)C)c1N. The van der Waals surface area contributed by atoms with Crippen LogP contribution in [0.15, 0.2) is 0 Å². The number of aryl methyl sites for hydroxylation is 2. The van der Waals surface area contributed by atoms with Crippen LogP contribution < -0.4 is 16.8 Å². The van der Waals surface area contributed by atoms with E-state index in [9.17, 15) is 4.79 Å². The Bertz CT molecular complexity index is 396. The van der Waals surface area contributed by atoms with Gasteiger partial charge in [-0.3, -0.25) is 9.48 Å². The summed E-state index contributed by atoms with van der Waals surface area (Å²) in [5.41, 5.74) is 12.5. The van der Waals surface area contributed by atoms with E-state index in [-0.39, 0.29) is 5.92 Å². The molecule has 0 saturated carbocycles. The molecule has 0 aliphatic heterocycles. The molecule has 6 heteroatoms. The smallest absolute Gasteiger partial charge is 0.240 e. The standard InChI is InChI=1S/C10H19N5O/c1-5(2)8(9(12)16)13-10-7(11)6(3)14-15(10)4/h5,8,13H,11H2,1-4H3,(H2,12,16). The summed E-state index contributed by atoms with van der Waals surface area (Å²) in [6.07, 6.45) is 0. The molecule has 1 heterocycles. The maximum absolute atomic E-state index is 11.3. The van der Waals surface area contributed by atoms with E-state index in [1.54, 1.807) is 11.7 Å². The van der Waals surface area contributed by atoms with Crippen LogP contribution in [0.4, 0.5) is 11.5 Å². The number of carbonyl (C=O) groups is 1. The van der Waals surface area contributed by atoms with Crippen molar-refractivity contribution in [3.8, 4) is 0 Å². The van der Waals surface area contributed by atoms with Gasteiger partial charge in [0.05, 0.1) is 11.4 Å². The monoisotopic (exact) mass is 225 g/mol. The Labute approximate surface area is 95.0 Å². The lowest BCUT2D eigenvalue weighted by molar-refractivity contribution is -0.119. The second-order valence-corrected chi connectivity index (χ2v) is 4.24. The molecule has 16 heavy (non-hydrogen) atoms. The lowest BCUT2D eigenvalue weighted by atomic mass is 10.0. The number of rotatable bonds is 4. The summed E-state index contributed by atoms with van der Waals surface area (Å²) in [6.45, 7) is 5.65. The van der Waals surface area contributed by atoms with Gasteiger partial charge in [0.25, 0.3) is 0 Å². The normalized spacial score (nSPS) is 12.8. The lowest BCUT2D eigenvalue weighted by Crippen LogP contribution is -2.40. The minimum Gasteiger partial charge on any atom is -0.394 e. The van der Waals surface area contributed by atoms with Crippen LogP contribution in [-0.2, 0) is 11.8 Å². The molecule has 0 spiro atoms. The minimum absolute atomic E-state index is 0.0899. The van der Waals surface area contributed by atoms with E-state index in [0.717, 1.165) is 5.69 Å². The first-order valence-electron chi connectivity index (χ1n) is 5.19. The predicted octanol–water partition coefficient (Wildman–Crippen LogP) is 0.233. The first kappa shape index (κ1) is 12.4. The van der Waals surface area contributed by atoms with Gasteiger partial charge < -0.3 is 16.8 Å². The fraction of sp³-hybridized carbons (Fsp3) is 0.600. The van der Waals surface area contributed by atoms with Crippen molar-refractivity contribution in [2.24, 2.45) is 18.7 Å². The summed E-state index contributed by atoms with van der Waals surface area (Å²) in [5.74, 6) is 0.329. The van der Waals surface area contributed by atoms with Gasteiger partial charge >= 0.3 is 0 Å². The first-order chi connectivity index (χ1) is 7.34. The van der Waals surface area contributed by atoms with Crippen molar-refractivity contribution in [2.75, 3.05) is 11.1 Å². The molecule has 0 saturated heterocycles. The van der Waals surface area contributed by atoms with Gasteiger partial charge in [-0.25, -0.2) is 0 Å². The van der Waals surface area contributed by atoms with Crippen LogP contribution in [0, 0.1) is 12.8 Å². The summed E-state index contributed by atoms with van der Waals surface area (Å²) in [5, 5.41) is 7.20. The molecule has 0 aliphatic carbocycles. The molecule has 1 unspecified atom stereocenters. The number of nitrogens with zero attached hydrogens (tertiary/aromatic N) is 2. The minimum atomic E-state index is -0.447. The van der Waals surface area contributed by atoms with E-state index in [0.29, 0.717) is 11.5 Å². The van der Waals surface area contributed by atoms with Gasteiger partial charge in [-0.15, -0.1) is 0 Å². The molecule has 0 radical (unpaired) electrons. The van der Waals surface area contributed by atoms with E-state index in [1.165, 1.54) is 0 Å². The number of amides is 1. The van der Waals surface area contributed by atoms with Gasteiger partial charge in [-0.1, -0.05) is 13.8 Å². The fourth-order valence-corrected chi connectivity index (χ4v) is 1.56. The zero-order valence-electron chi connectivity index (χ0n) is 10.1. The van der Waals surface area contributed by atoms with E-state index in [1.807, 2.05) is 20.8 Å². The van der Waals surface area contributed by atoms with Crippen LogP contribution in [0.3, 0.4) is 0 Å². The fourth-order valence-electron chi connectivity index (χ4n) is 1.56. The van der Waals surface area contributed by atoms with Gasteiger partial charge in [-0.05, 0) is 12.8 Å². The maximum atomic E-state index is 11.3. The molecule has 0 aliphatic rings. The molecule has 0 aromatic carbocycles. The Kier molecular flexibility index (Phi) is 3.41. The molecule has 1 amide bonds. The van der Waals surface area contributed by atoms with Crippen molar-refractivity contribution in [2.45, 2.75) is 26.8 Å². The Morgan fingerprint density at radius 2 is 2.06 bits per heavy atom. The van der Waals surface area contributed by atoms with Crippen LogP contribution in [-0.4, -0.2) is 21.7 Å². The summed E-state index contributed by atoms with van der Waals surface area (Å²) >= 11 is 0. The molecular weight excluding hydrogens is 206 g/mol. The van der Waals surface area contributed by atoms with Gasteiger partial charge in [0.15, 0.2) is 0 Å². The van der Waals surface area contributed by atoms with Crippen LogP contribution in [0.1, 0.15) is 19.5 Å². The summed E-state index contributed by atoms with van der Waals surface area (Å²) < 4.78 is 1.61. The van der Waals surface area contributed by atoms with Crippen molar-refractivity contribution in [1.82, 2.24) is 9.78 Å². The third-order valence-corrected chi connectivity index (χ3v) is 2.53. The van der Waals surface area contributed by atoms with E-state index < -0.39 is 11.9 Å². The predicted molar refractivity (Wildman–Crippen MR) is 63.8 cm³/mol. The number of nitrogens with two attached hydrogens (primary N) is 2. The topological polar surface area (TPSA) is 99.0 Å². The molecule has 90 valence electrons. The molecule has 0 fully saturated rings. The first-order valence-corrected chi connectivity index (χ1v) is 5.19. The zero-order chi connectivity index (χ0) is 12.5. The average Bonchev–Trinajstić information content (AvgIpc) is 2.38. The largest absolute Gasteiger partial charge is 0.394 e. The molecule has 1 aromatic heterocycles. The summed E-state index contributed by atoms with van der Waals surface area (Å²) in [6, 6.07) is -0.447. The quantitative estimate of drug-likeness (QED) is 0.683. The van der Waals surface area contributed by atoms with Gasteiger partial charge in [-0.2, -0.15) is 5.10 Å². The van der Waals surface area contributed by atoms with Crippen molar-refractivity contribution < 1.29 is 4.79 Å². The number of hydrogen-bond acceptors (Lipinski definition) is 4. The molecule has 1 atom stereocenters. The van der Waals surface area contributed by atoms with Crippen LogP contribution in [0.2, 0.25) is 0 Å². The number of hydrogen-bond donors (Lipinski definition) is 3. The van der Waals surface area contributed by atoms with Gasteiger partial charge in [0, 0.05) is 7.05 Å².